The normalized spacial score (nSPS) is 20.9. The lowest BCUT2D eigenvalue weighted by molar-refractivity contribution is -0.151. The summed E-state index contributed by atoms with van der Waals surface area (Å²) in [5.41, 5.74) is 1.22. The van der Waals surface area contributed by atoms with Crippen molar-refractivity contribution in [1.29, 1.82) is 0 Å². The van der Waals surface area contributed by atoms with Crippen LogP contribution in [0, 0.1) is 5.82 Å². The highest BCUT2D eigenvalue weighted by atomic mass is 19.1. The van der Waals surface area contributed by atoms with Gasteiger partial charge >= 0.3 is 0 Å². The molecule has 2 heterocycles. The number of likely N-dealkylation sites (tertiary alicyclic amines) is 1. The molecule has 2 fully saturated rings. The van der Waals surface area contributed by atoms with Gasteiger partial charge in [0.1, 0.15) is 5.82 Å². The number of anilines is 1. The van der Waals surface area contributed by atoms with Crippen molar-refractivity contribution in [2.45, 2.75) is 31.0 Å². The first-order valence-electron chi connectivity index (χ1n) is 10.1. The minimum Gasteiger partial charge on any atom is -0.493 e. The fraction of sp³-hybridized carbons (Fsp3) is 0.435. The van der Waals surface area contributed by atoms with Crippen LogP contribution in [0.1, 0.15) is 18.4 Å². The molecule has 0 aliphatic carbocycles. The lowest BCUT2D eigenvalue weighted by Gasteiger charge is -2.59. The lowest BCUT2D eigenvalue weighted by atomic mass is 9.72. The highest BCUT2D eigenvalue weighted by molar-refractivity contribution is 6.06. The maximum Gasteiger partial charge on any atom is 0.259 e. The van der Waals surface area contributed by atoms with E-state index in [-0.39, 0.29) is 11.7 Å². The first kappa shape index (κ1) is 20.6. The van der Waals surface area contributed by atoms with Crippen molar-refractivity contribution in [3.05, 3.63) is 53.8 Å². The summed E-state index contributed by atoms with van der Waals surface area (Å²) in [5, 5.41) is 0. The summed E-state index contributed by atoms with van der Waals surface area (Å²) in [7, 11) is 4.85. The summed E-state index contributed by atoms with van der Waals surface area (Å²) < 4.78 is 30.3. The number of rotatable bonds is 6. The summed E-state index contributed by atoms with van der Waals surface area (Å²) in [6, 6.07) is 12.1. The number of para-hydroxylation sites is 1. The highest BCUT2D eigenvalue weighted by Gasteiger charge is 2.61. The number of halogens is 1. The number of carbonyl (C=O) groups excluding carboxylic acids is 1. The average molecular weight is 414 g/mol. The molecule has 160 valence electrons. The average Bonchev–Trinajstić information content (AvgIpc) is 2.75. The van der Waals surface area contributed by atoms with E-state index in [1.807, 2.05) is 18.2 Å². The summed E-state index contributed by atoms with van der Waals surface area (Å²) in [6.07, 6.45) is 1.01. The van der Waals surface area contributed by atoms with E-state index >= 15 is 0 Å². The monoisotopic (exact) mass is 414 g/mol. The molecule has 0 N–H and O–H groups in total. The fourth-order valence-corrected chi connectivity index (χ4v) is 4.84. The molecule has 0 aromatic heterocycles. The maximum absolute atomic E-state index is 13.8. The number of hydrogen-bond donors (Lipinski definition) is 0. The molecule has 0 saturated carbocycles. The van der Waals surface area contributed by atoms with Gasteiger partial charge < -0.3 is 19.1 Å². The van der Waals surface area contributed by atoms with Gasteiger partial charge in [-0.3, -0.25) is 9.69 Å². The lowest BCUT2D eigenvalue weighted by Crippen LogP contribution is -2.77. The number of ether oxygens (including phenoxy) is 3. The second-order valence-corrected chi connectivity index (χ2v) is 7.80. The minimum absolute atomic E-state index is 0.106. The largest absolute Gasteiger partial charge is 0.493 e. The molecule has 2 aliphatic heterocycles. The van der Waals surface area contributed by atoms with E-state index in [0.717, 1.165) is 43.8 Å². The number of piperidine rings is 1. The van der Waals surface area contributed by atoms with Gasteiger partial charge in [0.25, 0.3) is 5.91 Å². The molecule has 1 atom stereocenters. The summed E-state index contributed by atoms with van der Waals surface area (Å²) in [6.45, 7) is 2.31. The number of β-lactam (4-membered cyclic amide) rings is 1. The Bertz CT molecular complexity index is 927. The first-order valence-corrected chi connectivity index (χ1v) is 10.1. The zero-order valence-electron chi connectivity index (χ0n) is 17.6. The predicted octanol–water partition coefficient (Wildman–Crippen LogP) is 3.24. The molecule has 4 rings (SSSR count). The van der Waals surface area contributed by atoms with Crippen molar-refractivity contribution in [3.63, 3.8) is 0 Å². The first-order chi connectivity index (χ1) is 14.5. The predicted molar refractivity (Wildman–Crippen MR) is 111 cm³/mol. The Hall–Kier alpha value is -2.64. The van der Waals surface area contributed by atoms with Crippen LogP contribution in [0.4, 0.5) is 10.1 Å². The molecule has 6 nitrogen and oxygen atoms in total. The molecule has 2 aromatic rings. The van der Waals surface area contributed by atoms with Gasteiger partial charge in [-0.2, -0.15) is 0 Å². The third-order valence-electron chi connectivity index (χ3n) is 6.28. The SMILES string of the molecule is COc1cccc(CN2CCC3(CC2)C(OC)C(=O)N3c2cccc(F)c2)c1OC. The zero-order valence-corrected chi connectivity index (χ0v) is 17.6. The Morgan fingerprint density at radius 2 is 1.80 bits per heavy atom. The number of carbonyl (C=O) groups is 1. The number of methoxy groups -OCH3 is 3. The van der Waals surface area contributed by atoms with Crippen LogP contribution in [0.2, 0.25) is 0 Å². The maximum atomic E-state index is 13.8. The smallest absolute Gasteiger partial charge is 0.259 e. The number of benzene rings is 2. The van der Waals surface area contributed by atoms with Crippen LogP contribution in [0.5, 0.6) is 11.5 Å². The zero-order chi connectivity index (χ0) is 21.3. The van der Waals surface area contributed by atoms with E-state index < -0.39 is 11.6 Å². The molecule has 30 heavy (non-hydrogen) atoms. The third kappa shape index (κ3) is 3.32. The fourth-order valence-electron chi connectivity index (χ4n) is 4.84. The van der Waals surface area contributed by atoms with Crippen LogP contribution in [-0.4, -0.2) is 56.9 Å². The van der Waals surface area contributed by atoms with E-state index in [1.165, 1.54) is 12.1 Å². The van der Waals surface area contributed by atoms with Gasteiger partial charge in [-0.15, -0.1) is 0 Å². The van der Waals surface area contributed by atoms with Crippen LogP contribution in [-0.2, 0) is 16.1 Å². The summed E-state index contributed by atoms with van der Waals surface area (Å²) >= 11 is 0. The standard InChI is InChI=1S/C23H27FN2O4/c1-28-19-9-4-6-16(20(19)29-2)15-25-12-10-23(11-13-25)21(30-3)22(27)26(23)18-8-5-7-17(24)14-18/h4-9,14,21H,10-13,15H2,1-3H3. The molecular formula is C23H27FN2O4. The van der Waals surface area contributed by atoms with Crippen molar-refractivity contribution in [3.8, 4) is 11.5 Å². The van der Waals surface area contributed by atoms with Crippen LogP contribution < -0.4 is 14.4 Å². The number of amides is 1. The van der Waals surface area contributed by atoms with Gasteiger partial charge in [-0.1, -0.05) is 18.2 Å². The summed E-state index contributed by atoms with van der Waals surface area (Å²) in [5.74, 6) is 1.00. The molecule has 1 unspecified atom stereocenters. The van der Waals surface area contributed by atoms with Crippen molar-refractivity contribution in [1.82, 2.24) is 4.90 Å². The Balaban J connectivity index is 1.52. The molecule has 0 bridgehead atoms. The third-order valence-corrected chi connectivity index (χ3v) is 6.28. The topological polar surface area (TPSA) is 51.2 Å². The van der Waals surface area contributed by atoms with E-state index in [1.54, 1.807) is 38.4 Å². The quantitative estimate of drug-likeness (QED) is 0.680. The van der Waals surface area contributed by atoms with Gasteiger partial charge in [0.05, 0.1) is 19.8 Å². The second-order valence-electron chi connectivity index (χ2n) is 7.80. The Kier molecular flexibility index (Phi) is 5.66. The molecule has 0 radical (unpaired) electrons. The number of nitrogens with zero attached hydrogens (tertiary/aromatic N) is 2. The van der Waals surface area contributed by atoms with Gasteiger partial charge in [-0.25, -0.2) is 4.39 Å². The van der Waals surface area contributed by atoms with Crippen molar-refractivity contribution >= 4 is 11.6 Å². The van der Waals surface area contributed by atoms with Crippen LogP contribution in [0.15, 0.2) is 42.5 Å². The van der Waals surface area contributed by atoms with E-state index in [4.69, 9.17) is 14.2 Å². The Morgan fingerprint density at radius 3 is 2.43 bits per heavy atom. The number of hydrogen-bond acceptors (Lipinski definition) is 5. The van der Waals surface area contributed by atoms with Crippen molar-refractivity contribution < 1.29 is 23.4 Å². The molecule has 2 aromatic carbocycles. The van der Waals surface area contributed by atoms with Crippen LogP contribution in [0.25, 0.3) is 0 Å². The molecule has 1 amide bonds. The Labute approximate surface area is 176 Å². The molecule has 2 aliphatic rings. The molecular weight excluding hydrogens is 387 g/mol. The van der Waals surface area contributed by atoms with Crippen molar-refractivity contribution in [2.24, 2.45) is 0 Å². The second kappa shape index (κ2) is 8.24. The van der Waals surface area contributed by atoms with Gasteiger partial charge in [-0.05, 0) is 37.1 Å². The van der Waals surface area contributed by atoms with Crippen LogP contribution >= 0.6 is 0 Å². The van der Waals surface area contributed by atoms with E-state index in [0.29, 0.717) is 11.4 Å². The van der Waals surface area contributed by atoms with Gasteiger partial charge in [0.15, 0.2) is 17.6 Å². The molecule has 1 spiro atoms. The van der Waals surface area contributed by atoms with Gasteiger partial charge in [0.2, 0.25) is 0 Å². The van der Waals surface area contributed by atoms with Crippen molar-refractivity contribution in [2.75, 3.05) is 39.3 Å². The Morgan fingerprint density at radius 1 is 1.07 bits per heavy atom. The van der Waals surface area contributed by atoms with E-state index in [9.17, 15) is 9.18 Å². The minimum atomic E-state index is -0.491. The molecule has 2 saturated heterocycles. The molecule has 7 heteroatoms. The summed E-state index contributed by atoms with van der Waals surface area (Å²) in [4.78, 5) is 16.8. The van der Waals surface area contributed by atoms with Crippen LogP contribution in [0.3, 0.4) is 0 Å². The highest BCUT2D eigenvalue weighted by Crippen LogP contribution is 2.46. The van der Waals surface area contributed by atoms with E-state index in [2.05, 4.69) is 4.90 Å². The van der Waals surface area contributed by atoms with Gasteiger partial charge in [0, 0.05) is 38.0 Å².